The zero-order valence-corrected chi connectivity index (χ0v) is 14.3. The Kier molecular flexibility index (Phi) is 4.78. The normalized spacial score (nSPS) is 24.2. The average molecular weight is 336 g/mol. The van der Waals surface area contributed by atoms with Crippen LogP contribution in [0.1, 0.15) is 29.6 Å². The van der Waals surface area contributed by atoms with Gasteiger partial charge in [-0.1, -0.05) is 6.07 Å². The lowest BCUT2D eigenvalue weighted by atomic mass is 9.71. The van der Waals surface area contributed by atoms with Crippen LogP contribution in [0, 0.1) is 11.2 Å². The second-order valence-corrected chi connectivity index (χ2v) is 7.17. The third kappa shape index (κ3) is 3.26. The molecule has 0 radical (unpaired) electrons. The first-order valence-corrected chi connectivity index (χ1v) is 8.42. The van der Waals surface area contributed by atoms with Crippen molar-refractivity contribution < 1.29 is 19.0 Å². The van der Waals surface area contributed by atoms with E-state index >= 15 is 0 Å². The largest absolute Gasteiger partial charge is 0.493 e. The topological polar surface area (TPSA) is 53.0 Å². The number of piperidine rings is 2. The molecule has 5 nitrogen and oxygen atoms in total. The number of hydrogen-bond acceptors (Lipinski definition) is 4. The molecule has 1 amide bonds. The van der Waals surface area contributed by atoms with E-state index in [4.69, 9.17) is 4.74 Å². The quantitative estimate of drug-likeness (QED) is 0.894. The zero-order valence-electron chi connectivity index (χ0n) is 14.3. The minimum atomic E-state index is -0.520. The van der Waals surface area contributed by atoms with Crippen LogP contribution in [-0.2, 0) is 0 Å². The van der Waals surface area contributed by atoms with E-state index in [1.165, 1.54) is 19.2 Å². The Bertz CT molecular complexity index is 602. The fraction of sp³-hybridized carbons (Fsp3) is 0.611. The van der Waals surface area contributed by atoms with Crippen molar-refractivity contribution in [2.24, 2.45) is 5.41 Å². The van der Waals surface area contributed by atoms with Gasteiger partial charge in [0.25, 0.3) is 5.91 Å². The first-order valence-electron chi connectivity index (χ1n) is 8.42. The average Bonchev–Trinajstić information content (AvgIpc) is 2.53. The third-order valence-corrected chi connectivity index (χ3v) is 5.31. The highest BCUT2D eigenvalue weighted by Crippen LogP contribution is 2.40. The van der Waals surface area contributed by atoms with Gasteiger partial charge in [-0.3, -0.25) is 4.79 Å². The summed E-state index contributed by atoms with van der Waals surface area (Å²) in [5, 5.41) is 10.1. The van der Waals surface area contributed by atoms with Crippen LogP contribution in [0.2, 0.25) is 0 Å². The summed E-state index contributed by atoms with van der Waals surface area (Å²) < 4.78 is 18.9. The molecule has 2 aliphatic rings. The van der Waals surface area contributed by atoms with Crippen molar-refractivity contribution in [2.75, 3.05) is 40.3 Å². The van der Waals surface area contributed by atoms with Gasteiger partial charge in [-0.05, 0) is 43.9 Å². The molecule has 0 aliphatic carbocycles. The van der Waals surface area contributed by atoms with Crippen LogP contribution in [0.4, 0.5) is 4.39 Å². The number of para-hydroxylation sites is 1. The maximum atomic E-state index is 13.8. The number of aliphatic hydroxyl groups is 1. The molecule has 0 saturated carbocycles. The summed E-state index contributed by atoms with van der Waals surface area (Å²) in [5.74, 6) is -0.699. The zero-order chi connectivity index (χ0) is 17.3. The molecule has 6 heteroatoms. The molecule has 0 bridgehead atoms. The number of nitrogens with zero attached hydrogens (tertiary/aromatic N) is 2. The molecule has 2 saturated heterocycles. The van der Waals surface area contributed by atoms with Gasteiger partial charge in [0.2, 0.25) is 0 Å². The van der Waals surface area contributed by atoms with Gasteiger partial charge in [0.1, 0.15) is 0 Å². The summed E-state index contributed by atoms with van der Waals surface area (Å²) in [6.45, 7) is 2.92. The minimum Gasteiger partial charge on any atom is -0.493 e. The monoisotopic (exact) mass is 336 g/mol. The number of carbonyl (C=O) groups is 1. The van der Waals surface area contributed by atoms with Gasteiger partial charge in [0, 0.05) is 26.2 Å². The number of rotatable bonds is 2. The van der Waals surface area contributed by atoms with Crippen LogP contribution in [0.25, 0.3) is 0 Å². The minimum absolute atomic E-state index is 0.00982. The van der Waals surface area contributed by atoms with Crippen LogP contribution in [0.15, 0.2) is 18.2 Å². The number of carbonyl (C=O) groups excluding carboxylic acids is 1. The number of ether oxygens (including phenoxy) is 1. The van der Waals surface area contributed by atoms with Crippen molar-refractivity contribution in [3.63, 3.8) is 0 Å². The molecule has 24 heavy (non-hydrogen) atoms. The number of hydrogen-bond donors (Lipinski definition) is 1. The van der Waals surface area contributed by atoms with Crippen LogP contribution in [-0.4, -0.2) is 67.3 Å². The molecule has 1 aromatic rings. The predicted molar refractivity (Wildman–Crippen MR) is 88.6 cm³/mol. The summed E-state index contributed by atoms with van der Waals surface area (Å²) in [7, 11) is 3.40. The number of amides is 1. The number of likely N-dealkylation sites (N-methyl/N-ethyl adjacent to an activating group) is 1. The molecule has 1 unspecified atom stereocenters. The molecule has 1 spiro atoms. The van der Waals surface area contributed by atoms with Crippen LogP contribution in [0.5, 0.6) is 5.75 Å². The Morgan fingerprint density at radius 3 is 2.71 bits per heavy atom. The molecule has 3 rings (SSSR count). The fourth-order valence-electron chi connectivity index (χ4n) is 4.23. The van der Waals surface area contributed by atoms with E-state index in [9.17, 15) is 14.3 Å². The predicted octanol–water partition coefficient (Wildman–Crippen LogP) is 1.75. The molecule has 1 N–H and O–H groups in total. The van der Waals surface area contributed by atoms with Crippen molar-refractivity contribution in [3.8, 4) is 5.75 Å². The molecule has 1 atom stereocenters. The van der Waals surface area contributed by atoms with Gasteiger partial charge < -0.3 is 19.6 Å². The maximum Gasteiger partial charge on any atom is 0.257 e. The first kappa shape index (κ1) is 17.2. The van der Waals surface area contributed by atoms with E-state index in [0.29, 0.717) is 19.6 Å². The fourth-order valence-corrected chi connectivity index (χ4v) is 4.23. The molecule has 1 aromatic carbocycles. The van der Waals surface area contributed by atoms with E-state index in [2.05, 4.69) is 4.90 Å². The molecule has 2 aliphatic heterocycles. The Morgan fingerprint density at radius 1 is 1.38 bits per heavy atom. The first-order chi connectivity index (χ1) is 11.4. The molecular formula is C18H25FN2O3. The Balaban J connectivity index is 1.71. The van der Waals surface area contributed by atoms with Gasteiger partial charge in [-0.15, -0.1) is 0 Å². The highest BCUT2D eigenvalue weighted by molar-refractivity contribution is 5.97. The maximum absolute atomic E-state index is 13.8. The Morgan fingerprint density at radius 2 is 2.08 bits per heavy atom. The standard InChI is InChI=1S/C18H25FN2O3/c1-20-11-13(22)10-18(12-20)6-8-21(9-7-18)17(23)14-4-3-5-15(19)16(14)24-2/h3-5,13,22H,6-12H2,1-2H3. The van der Waals surface area contributed by atoms with Crippen molar-refractivity contribution >= 4 is 5.91 Å². The van der Waals surface area contributed by atoms with Gasteiger partial charge >= 0.3 is 0 Å². The highest BCUT2D eigenvalue weighted by Gasteiger charge is 2.41. The van der Waals surface area contributed by atoms with E-state index in [0.717, 1.165) is 25.8 Å². The van der Waals surface area contributed by atoms with E-state index < -0.39 is 5.82 Å². The number of aliphatic hydroxyl groups excluding tert-OH is 1. The molecular weight excluding hydrogens is 311 g/mol. The summed E-state index contributed by atoms with van der Waals surface area (Å²) in [6, 6.07) is 4.43. The van der Waals surface area contributed by atoms with Crippen molar-refractivity contribution in [1.29, 1.82) is 0 Å². The second kappa shape index (κ2) is 6.69. The number of halogens is 1. The summed E-state index contributed by atoms with van der Waals surface area (Å²) in [6.07, 6.45) is 2.22. The van der Waals surface area contributed by atoms with Crippen LogP contribution < -0.4 is 4.74 Å². The smallest absolute Gasteiger partial charge is 0.257 e. The number of benzene rings is 1. The Hall–Kier alpha value is -1.66. The van der Waals surface area contributed by atoms with E-state index in [1.807, 2.05) is 7.05 Å². The highest BCUT2D eigenvalue weighted by atomic mass is 19.1. The number of β-amino-alcohol motifs (C(OH)–C–C–N with tert-alkyl or cyclic N) is 1. The Labute approximate surface area is 142 Å². The van der Waals surface area contributed by atoms with E-state index in [1.54, 1.807) is 11.0 Å². The van der Waals surface area contributed by atoms with Gasteiger partial charge in [0.15, 0.2) is 11.6 Å². The lowest BCUT2D eigenvalue weighted by Gasteiger charge is -2.48. The number of methoxy groups -OCH3 is 1. The van der Waals surface area contributed by atoms with Gasteiger partial charge in [-0.25, -0.2) is 4.39 Å². The van der Waals surface area contributed by atoms with Crippen LogP contribution in [0.3, 0.4) is 0 Å². The van der Waals surface area contributed by atoms with Crippen molar-refractivity contribution in [3.05, 3.63) is 29.6 Å². The lowest BCUT2D eigenvalue weighted by Crippen LogP contribution is -2.53. The molecule has 132 valence electrons. The lowest BCUT2D eigenvalue weighted by molar-refractivity contribution is -0.0287. The molecule has 0 aromatic heterocycles. The van der Waals surface area contributed by atoms with Gasteiger partial charge in [0.05, 0.1) is 18.8 Å². The summed E-state index contributed by atoms with van der Waals surface area (Å²) in [4.78, 5) is 16.7. The van der Waals surface area contributed by atoms with Crippen molar-refractivity contribution in [2.45, 2.75) is 25.4 Å². The third-order valence-electron chi connectivity index (χ3n) is 5.31. The van der Waals surface area contributed by atoms with Crippen LogP contribution >= 0.6 is 0 Å². The summed E-state index contributed by atoms with van der Waals surface area (Å²) >= 11 is 0. The number of likely N-dealkylation sites (tertiary alicyclic amines) is 2. The second-order valence-electron chi connectivity index (χ2n) is 7.17. The molecule has 2 fully saturated rings. The van der Waals surface area contributed by atoms with Gasteiger partial charge in [-0.2, -0.15) is 0 Å². The summed E-state index contributed by atoms with van der Waals surface area (Å²) in [5.41, 5.74) is 0.351. The van der Waals surface area contributed by atoms with E-state index in [-0.39, 0.29) is 28.7 Å². The molecule has 2 heterocycles. The SMILES string of the molecule is COc1c(F)cccc1C(=O)N1CCC2(CC1)CC(O)CN(C)C2. The van der Waals surface area contributed by atoms with Crippen molar-refractivity contribution in [1.82, 2.24) is 9.80 Å².